The van der Waals surface area contributed by atoms with Gasteiger partial charge in [0.25, 0.3) is 5.91 Å². The molecule has 0 spiro atoms. The van der Waals surface area contributed by atoms with Crippen LogP contribution in [-0.4, -0.2) is 52.1 Å². The Morgan fingerprint density at radius 2 is 1.76 bits per heavy atom. The summed E-state index contributed by atoms with van der Waals surface area (Å²) < 4.78 is 5.81. The van der Waals surface area contributed by atoms with Crippen molar-refractivity contribution in [1.29, 1.82) is 0 Å². The molecule has 1 N–H and O–H groups in total. The summed E-state index contributed by atoms with van der Waals surface area (Å²) in [4.78, 5) is 17.0. The normalized spacial score (nSPS) is 14.6. The fourth-order valence-electron chi connectivity index (χ4n) is 3.33. The molecule has 0 atom stereocenters. The molecule has 2 heterocycles. The van der Waals surface area contributed by atoms with Gasteiger partial charge in [-0.05, 0) is 61.8 Å². The molecule has 1 fully saturated rings. The zero-order valence-corrected chi connectivity index (χ0v) is 17.4. The summed E-state index contributed by atoms with van der Waals surface area (Å²) in [5, 5.41) is 10.9. The van der Waals surface area contributed by atoms with Crippen molar-refractivity contribution in [2.75, 3.05) is 31.1 Å². The minimum absolute atomic E-state index is 0.0368. The number of carbonyl (C=O) groups excluding carboxylic acids is 1. The standard InChI is InChI=1S/C23H23N3O2S/c1-23(2,28)12-11-17-7-9-18(10-8-17)22(27)26-15-13-25(14-16-26)21-19-5-3-4-6-20(19)29-24-21/h3-10,28H,13-16H2,1-2H3. The number of hydrogen-bond donors (Lipinski definition) is 1. The molecular weight excluding hydrogens is 382 g/mol. The number of fused-ring (bicyclic) bond motifs is 1. The van der Waals surface area contributed by atoms with Crippen molar-refractivity contribution in [1.82, 2.24) is 9.27 Å². The SMILES string of the molecule is CC(C)(O)C#Cc1ccc(C(=O)N2CCN(c3nsc4ccccc34)CC2)cc1. The Kier molecular flexibility index (Phi) is 5.27. The van der Waals surface area contributed by atoms with Crippen molar-refractivity contribution < 1.29 is 9.90 Å². The first-order valence-corrected chi connectivity index (χ1v) is 10.4. The Hall–Kier alpha value is -2.88. The maximum Gasteiger partial charge on any atom is 0.253 e. The molecular formula is C23H23N3O2S. The number of aromatic nitrogens is 1. The first-order valence-electron chi connectivity index (χ1n) is 9.65. The second kappa shape index (κ2) is 7.86. The summed E-state index contributed by atoms with van der Waals surface area (Å²) >= 11 is 1.52. The minimum atomic E-state index is -1.03. The molecule has 0 aliphatic carbocycles. The van der Waals surface area contributed by atoms with Crippen LogP contribution in [0.1, 0.15) is 29.8 Å². The number of carbonyl (C=O) groups is 1. The predicted octanol–water partition coefficient (Wildman–Crippen LogP) is 3.38. The van der Waals surface area contributed by atoms with Crippen LogP contribution in [0.15, 0.2) is 48.5 Å². The summed E-state index contributed by atoms with van der Waals surface area (Å²) in [6.07, 6.45) is 0. The molecule has 1 amide bonds. The van der Waals surface area contributed by atoms with Crippen LogP contribution in [0.2, 0.25) is 0 Å². The highest BCUT2D eigenvalue weighted by Crippen LogP contribution is 2.29. The fourth-order valence-corrected chi connectivity index (χ4v) is 4.12. The van der Waals surface area contributed by atoms with Gasteiger partial charge in [-0.1, -0.05) is 24.0 Å². The lowest BCUT2D eigenvalue weighted by atomic mass is 10.1. The maximum atomic E-state index is 12.9. The van der Waals surface area contributed by atoms with E-state index in [1.807, 2.05) is 29.2 Å². The quantitative estimate of drug-likeness (QED) is 0.664. The third-order valence-electron chi connectivity index (χ3n) is 4.87. The lowest BCUT2D eigenvalue weighted by Crippen LogP contribution is -2.49. The van der Waals surface area contributed by atoms with Crippen molar-refractivity contribution in [2.24, 2.45) is 0 Å². The molecule has 4 rings (SSSR count). The lowest BCUT2D eigenvalue weighted by Gasteiger charge is -2.35. The van der Waals surface area contributed by atoms with Crippen molar-refractivity contribution in [3.8, 4) is 11.8 Å². The average molecular weight is 406 g/mol. The number of anilines is 1. The minimum Gasteiger partial charge on any atom is -0.378 e. The monoisotopic (exact) mass is 405 g/mol. The van der Waals surface area contributed by atoms with E-state index in [2.05, 4.69) is 33.2 Å². The van der Waals surface area contributed by atoms with Gasteiger partial charge in [-0.25, -0.2) is 0 Å². The molecule has 0 bridgehead atoms. The molecule has 1 aromatic heterocycles. The third-order valence-corrected chi connectivity index (χ3v) is 5.69. The Morgan fingerprint density at radius 1 is 1.07 bits per heavy atom. The molecule has 0 unspecified atom stereocenters. The molecule has 2 aromatic carbocycles. The van der Waals surface area contributed by atoms with Crippen molar-refractivity contribution in [2.45, 2.75) is 19.4 Å². The number of benzene rings is 2. The molecule has 0 radical (unpaired) electrons. The van der Waals surface area contributed by atoms with Crippen molar-refractivity contribution in [3.05, 3.63) is 59.7 Å². The Bertz CT molecular complexity index is 1080. The van der Waals surface area contributed by atoms with E-state index >= 15 is 0 Å². The number of rotatable bonds is 2. The number of amides is 1. The van der Waals surface area contributed by atoms with Crippen LogP contribution in [0.4, 0.5) is 5.82 Å². The van der Waals surface area contributed by atoms with Crippen LogP contribution in [0, 0.1) is 11.8 Å². The van der Waals surface area contributed by atoms with Crippen LogP contribution in [-0.2, 0) is 0 Å². The van der Waals surface area contributed by atoms with Gasteiger partial charge >= 0.3 is 0 Å². The highest BCUT2D eigenvalue weighted by Gasteiger charge is 2.24. The largest absolute Gasteiger partial charge is 0.378 e. The molecule has 1 aliphatic heterocycles. The van der Waals surface area contributed by atoms with Gasteiger partial charge in [0, 0.05) is 42.7 Å². The van der Waals surface area contributed by atoms with Gasteiger partial charge in [0.2, 0.25) is 0 Å². The Morgan fingerprint density at radius 3 is 2.45 bits per heavy atom. The molecule has 0 saturated carbocycles. The van der Waals surface area contributed by atoms with Gasteiger partial charge < -0.3 is 14.9 Å². The van der Waals surface area contributed by atoms with Gasteiger partial charge in [-0.15, -0.1) is 0 Å². The fraction of sp³-hybridized carbons (Fsp3) is 0.304. The van der Waals surface area contributed by atoms with Gasteiger partial charge in [0.1, 0.15) is 11.4 Å². The molecule has 1 saturated heterocycles. The van der Waals surface area contributed by atoms with Gasteiger partial charge in [-0.3, -0.25) is 4.79 Å². The van der Waals surface area contributed by atoms with E-state index in [4.69, 9.17) is 0 Å². The zero-order valence-electron chi connectivity index (χ0n) is 16.6. The van der Waals surface area contributed by atoms with E-state index in [1.54, 1.807) is 26.0 Å². The molecule has 29 heavy (non-hydrogen) atoms. The smallest absolute Gasteiger partial charge is 0.253 e. The molecule has 3 aromatic rings. The van der Waals surface area contributed by atoms with Crippen molar-refractivity contribution >= 4 is 33.3 Å². The highest BCUT2D eigenvalue weighted by molar-refractivity contribution is 7.13. The topological polar surface area (TPSA) is 56.7 Å². The van der Waals surface area contributed by atoms with Crippen molar-refractivity contribution in [3.63, 3.8) is 0 Å². The molecule has 5 nitrogen and oxygen atoms in total. The van der Waals surface area contributed by atoms with E-state index in [0.29, 0.717) is 18.7 Å². The predicted molar refractivity (Wildman–Crippen MR) is 117 cm³/mol. The first kappa shape index (κ1) is 19.4. The Labute approximate surface area is 174 Å². The number of hydrogen-bond acceptors (Lipinski definition) is 5. The maximum absolute atomic E-state index is 12.9. The van der Waals surface area contributed by atoms with E-state index in [0.717, 1.165) is 24.5 Å². The van der Waals surface area contributed by atoms with E-state index in [1.165, 1.54) is 21.6 Å². The van der Waals surface area contributed by atoms with Gasteiger partial charge in [0.05, 0.1) is 4.70 Å². The summed E-state index contributed by atoms with van der Waals surface area (Å²) in [5.41, 5.74) is 0.409. The van der Waals surface area contributed by atoms with E-state index in [9.17, 15) is 9.90 Å². The highest BCUT2D eigenvalue weighted by atomic mass is 32.1. The third kappa shape index (κ3) is 4.42. The summed E-state index contributed by atoms with van der Waals surface area (Å²) in [6.45, 7) is 6.18. The van der Waals surface area contributed by atoms with Crippen LogP contribution >= 0.6 is 11.5 Å². The molecule has 6 heteroatoms. The van der Waals surface area contributed by atoms with Crippen LogP contribution in [0.5, 0.6) is 0 Å². The van der Waals surface area contributed by atoms with E-state index in [-0.39, 0.29) is 5.91 Å². The summed E-state index contributed by atoms with van der Waals surface area (Å²) in [7, 11) is 0. The average Bonchev–Trinajstić information content (AvgIpc) is 3.16. The van der Waals surface area contributed by atoms with Gasteiger partial charge in [-0.2, -0.15) is 4.37 Å². The molecule has 1 aliphatic rings. The second-order valence-corrected chi connectivity index (χ2v) is 8.47. The van der Waals surface area contributed by atoms with Crippen LogP contribution in [0.25, 0.3) is 10.1 Å². The summed E-state index contributed by atoms with van der Waals surface area (Å²) in [5.74, 6) is 6.77. The number of nitrogens with zero attached hydrogens (tertiary/aromatic N) is 3. The first-order chi connectivity index (χ1) is 13.9. The Balaban J connectivity index is 1.40. The molecule has 148 valence electrons. The number of aliphatic hydroxyl groups is 1. The van der Waals surface area contributed by atoms with Gasteiger partial charge in [0.15, 0.2) is 0 Å². The lowest BCUT2D eigenvalue weighted by molar-refractivity contribution is 0.0746. The zero-order chi connectivity index (χ0) is 20.4. The van der Waals surface area contributed by atoms with Crippen LogP contribution in [0.3, 0.4) is 0 Å². The second-order valence-electron chi connectivity index (χ2n) is 7.67. The number of piperazine rings is 1. The van der Waals surface area contributed by atoms with E-state index < -0.39 is 5.60 Å². The summed E-state index contributed by atoms with van der Waals surface area (Å²) in [6, 6.07) is 15.5. The van der Waals surface area contributed by atoms with Crippen LogP contribution < -0.4 is 4.90 Å².